The molecule has 0 bridgehead atoms. The second-order valence-electron chi connectivity index (χ2n) is 4.93. The number of aryl methyl sites for hydroxylation is 2. The molecule has 1 atom stereocenters. The zero-order valence-electron chi connectivity index (χ0n) is 11.6. The third-order valence-electron chi connectivity index (χ3n) is 3.66. The molecule has 0 saturated heterocycles. The molecule has 0 heterocycles. The molecule has 94 valence electrons. The van der Waals surface area contributed by atoms with E-state index in [2.05, 4.69) is 69.3 Å². The van der Waals surface area contributed by atoms with Gasteiger partial charge in [0.2, 0.25) is 0 Å². The average molecular weight is 238 g/mol. The summed E-state index contributed by atoms with van der Waals surface area (Å²) in [4.78, 5) is 0. The van der Waals surface area contributed by atoms with Gasteiger partial charge < -0.3 is 0 Å². The van der Waals surface area contributed by atoms with Gasteiger partial charge >= 0.3 is 0 Å². The van der Waals surface area contributed by atoms with Gasteiger partial charge in [0.15, 0.2) is 0 Å². The van der Waals surface area contributed by atoms with E-state index in [0.717, 1.165) is 12.8 Å². The Bertz CT molecular complexity index is 511. The van der Waals surface area contributed by atoms with Crippen molar-refractivity contribution in [3.63, 3.8) is 0 Å². The van der Waals surface area contributed by atoms with Crippen molar-refractivity contribution in [1.29, 1.82) is 0 Å². The van der Waals surface area contributed by atoms with Crippen LogP contribution < -0.4 is 0 Å². The molecule has 0 heteroatoms. The first-order chi connectivity index (χ1) is 8.76. The van der Waals surface area contributed by atoms with Crippen molar-refractivity contribution < 1.29 is 0 Å². The summed E-state index contributed by atoms with van der Waals surface area (Å²) in [5.74, 6) is 0.529. The molecule has 18 heavy (non-hydrogen) atoms. The van der Waals surface area contributed by atoms with Gasteiger partial charge in [-0.1, -0.05) is 67.9 Å². The van der Waals surface area contributed by atoms with Crippen LogP contribution in [0.15, 0.2) is 48.5 Å². The zero-order valence-corrected chi connectivity index (χ0v) is 11.6. The summed E-state index contributed by atoms with van der Waals surface area (Å²) in [7, 11) is 0. The minimum atomic E-state index is 0.529. The van der Waals surface area contributed by atoms with E-state index < -0.39 is 0 Å². The Morgan fingerprint density at radius 3 is 2.39 bits per heavy atom. The molecular weight excluding hydrogens is 216 g/mol. The van der Waals surface area contributed by atoms with E-state index in [1.165, 1.54) is 22.3 Å². The number of benzene rings is 2. The predicted octanol–water partition coefficient (Wildman–Crippen LogP) is 5.10. The molecule has 0 radical (unpaired) electrons. The standard InChI is InChI=1S/C18H22/c1-4-15-10-6-7-12-18(15)17(5-2)16-11-8-9-14(3)13-16/h6-13,17H,4-5H2,1-3H3. The Labute approximate surface area is 111 Å². The molecule has 0 fully saturated rings. The predicted molar refractivity (Wildman–Crippen MR) is 79.1 cm³/mol. The third-order valence-corrected chi connectivity index (χ3v) is 3.66. The Morgan fingerprint density at radius 1 is 0.944 bits per heavy atom. The van der Waals surface area contributed by atoms with E-state index in [1.54, 1.807) is 0 Å². The average Bonchev–Trinajstić information content (AvgIpc) is 2.40. The highest BCUT2D eigenvalue weighted by Gasteiger charge is 2.14. The Morgan fingerprint density at radius 2 is 1.72 bits per heavy atom. The van der Waals surface area contributed by atoms with Crippen LogP contribution in [0.25, 0.3) is 0 Å². The summed E-state index contributed by atoms with van der Waals surface area (Å²) in [6.45, 7) is 6.68. The number of rotatable bonds is 4. The van der Waals surface area contributed by atoms with Crippen LogP contribution in [0, 0.1) is 6.92 Å². The van der Waals surface area contributed by atoms with Crippen molar-refractivity contribution in [3.8, 4) is 0 Å². The lowest BCUT2D eigenvalue weighted by Gasteiger charge is -2.19. The second kappa shape index (κ2) is 5.86. The smallest absolute Gasteiger partial charge is 0.00895 e. The van der Waals surface area contributed by atoms with Crippen molar-refractivity contribution in [1.82, 2.24) is 0 Å². The third kappa shape index (κ3) is 2.64. The van der Waals surface area contributed by atoms with Crippen LogP contribution in [-0.2, 0) is 6.42 Å². The molecular formula is C18H22. The van der Waals surface area contributed by atoms with Gasteiger partial charge in [-0.15, -0.1) is 0 Å². The first kappa shape index (κ1) is 12.9. The maximum absolute atomic E-state index is 2.32. The highest BCUT2D eigenvalue weighted by molar-refractivity contribution is 5.39. The van der Waals surface area contributed by atoms with Gasteiger partial charge in [-0.2, -0.15) is 0 Å². The van der Waals surface area contributed by atoms with E-state index in [1.807, 2.05) is 0 Å². The largest absolute Gasteiger partial charge is 0.0645 e. The van der Waals surface area contributed by atoms with E-state index in [-0.39, 0.29) is 0 Å². The van der Waals surface area contributed by atoms with Crippen LogP contribution in [0.2, 0.25) is 0 Å². The highest BCUT2D eigenvalue weighted by atomic mass is 14.2. The van der Waals surface area contributed by atoms with Crippen molar-refractivity contribution >= 4 is 0 Å². The minimum absolute atomic E-state index is 0.529. The van der Waals surface area contributed by atoms with Crippen LogP contribution in [0.3, 0.4) is 0 Å². The lowest BCUT2D eigenvalue weighted by Crippen LogP contribution is -2.03. The van der Waals surface area contributed by atoms with E-state index in [4.69, 9.17) is 0 Å². The first-order valence-corrected chi connectivity index (χ1v) is 6.90. The Hall–Kier alpha value is -1.56. The Balaban J connectivity index is 2.45. The van der Waals surface area contributed by atoms with Crippen molar-refractivity contribution in [2.45, 2.75) is 39.5 Å². The molecule has 0 aliphatic carbocycles. The number of hydrogen-bond acceptors (Lipinski definition) is 0. The summed E-state index contributed by atoms with van der Waals surface area (Å²) in [6, 6.07) is 17.8. The molecule has 2 rings (SSSR count). The molecule has 0 amide bonds. The SMILES string of the molecule is CCc1ccccc1C(CC)c1cccc(C)c1. The van der Waals surface area contributed by atoms with Crippen LogP contribution in [-0.4, -0.2) is 0 Å². The lowest BCUT2D eigenvalue weighted by atomic mass is 9.85. The van der Waals surface area contributed by atoms with Gasteiger partial charge in [-0.05, 0) is 36.5 Å². The van der Waals surface area contributed by atoms with Crippen LogP contribution in [0.1, 0.15) is 48.4 Å². The molecule has 0 aliphatic heterocycles. The quantitative estimate of drug-likeness (QED) is 0.695. The summed E-state index contributed by atoms with van der Waals surface area (Å²) in [5.41, 5.74) is 5.76. The topological polar surface area (TPSA) is 0 Å². The molecule has 0 spiro atoms. The maximum Gasteiger partial charge on any atom is 0.00895 e. The normalized spacial score (nSPS) is 12.4. The highest BCUT2D eigenvalue weighted by Crippen LogP contribution is 2.30. The first-order valence-electron chi connectivity index (χ1n) is 6.90. The minimum Gasteiger partial charge on any atom is -0.0645 e. The van der Waals surface area contributed by atoms with Crippen LogP contribution >= 0.6 is 0 Å². The van der Waals surface area contributed by atoms with Gasteiger partial charge in [0.05, 0.1) is 0 Å². The molecule has 1 unspecified atom stereocenters. The second-order valence-corrected chi connectivity index (χ2v) is 4.93. The van der Waals surface area contributed by atoms with Crippen molar-refractivity contribution in [2.24, 2.45) is 0 Å². The summed E-state index contributed by atoms with van der Waals surface area (Å²) >= 11 is 0. The molecule has 2 aromatic carbocycles. The van der Waals surface area contributed by atoms with Gasteiger partial charge in [-0.3, -0.25) is 0 Å². The van der Waals surface area contributed by atoms with Gasteiger partial charge in [-0.25, -0.2) is 0 Å². The van der Waals surface area contributed by atoms with Gasteiger partial charge in [0.1, 0.15) is 0 Å². The molecule has 0 aliphatic rings. The molecule has 0 N–H and O–H groups in total. The van der Waals surface area contributed by atoms with Crippen LogP contribution in [0.5, 0.6) is 0 Å². The van der Waals surface area contributed by atoms with Crippen molar-refractivity contribution in [3.05, 3.63) is 70.8 Å². The molecule has 2 aromatic rings. The fourth-order valence-electron chi connectivity index (χ4n) is 2.72. The summed E-state index contributed by atoms with van der Waals surface area (Å²) in [6.07, 6.45) is 2.26. The Kier molecular flexibility index (Phi) is 4.19. The molecule has 0 saturated carbocycles. The lowest BCUT2D eigenvalue weighted by molar-refractivity contribution is 0.764. The zero-order chi connectivity index (χ0) is 13.0. The van der Waals surface area contributed by atoms with Gasteiger partial charge in [0.25, 0.3) is 0 Å². The van der Waals surface area contributed by atoms with E-state index in [0.29, 0.717) is 5.92 Å². The fraction of sp³-hybridized carbons (Fsp3) is 0.333. The van der Waals surface area contributed by atoms with E-state index >= 15 is 0 Å². The summed E-state index contributed by atoms with van der Waals surface area (Å²) in [5, 5.41) is 0. The molecule has 0 nitrogen and oxygen atoms in total. The van der Waals surface area contributed by atoms with Crippen molar-refractivity contribution in [2.75, 3.05) is 0 Å². The van der Waals surface area contributed by atoms with E-state index in [9.17, 15) is 0 Å². The summed E-state index contributed by atoms with van der Waals surface area (Å²) < 4.78 is 0. The monoisotopic (exact) mass is 238 g/mol. The van der Waals surface area contributed by atoms with Gasteiger partial charge in [0, 0.05) is 5.92 Å². The fourth-order valence-corrected chi connectivity index (χ4v) is 2.72. The molecule has 0 aromatic heterocycles. The number of hydrogen-bond donors (Lipinski definition) is 0. The maximum atomic E-state index is 2.32. The van der Waals surface area contributed by atoms with Crippen LogP contribution in [0.4, 0.5) is 0 Å².